The number of fused-ring (bicyclic) bond motifs is 1. The number of carbonyl (C=O) groups is 2. The number of nitrogens with zero attached hydrogens (tertiary/aromatic N) is 1. The van der Waals surface area contributed by atoms with E-state index < -0.39 is 11.5 Å². The van der Waals surface area contributed by atoms with Gasteiger partial charge in [0.15, 0.2) is 0 Å². The number of rotatable bonds is 3. The lowest BCUT2D eigenvalue weighted by Crippen LogP contribution is -2.44. The van der Waals surface area contributed by atoms with Crippen LogP contribution in [-0.4, -0.2) is 36.5 Å². The number of carbonyl (C=O) groups excluding carboxylic acids is 2. The van der Waals surface area contributed by atoms with E-state index in [4.69, 9.17) is 9.15 Å². The van der Waals surface area contributed by atoms with Crippen molar-refractivity contribution in [2.75, 3.05) is 19.7 Å². The molecule has 0 aliphatic carbocycles. The Bertz CT molecular complexity index is 875. The highest BCUT2D eigenvalue weighted by Gasteiger charge is 2.31. The van der Waals surface area contributed by atoms with Crippen LogP contribution in [0.15, 0.2) is 37.9 Å². The van der Waals surface area contributed by atoms with Gasteiger partial charge >= 0.3 is 11.6 Å². The second-order valence-corrected chi connectivity index (χ2v) is 6.89. The maximum atomic E-state index is 12.8. The Hall–Kier alpha value is -2.15. The summed E-state index contributed by atoms with van der Waals surface area (Å²) in [5.41, 5.74) is -0.263. The molecule has 3 rings (SSSR count). The Labute approximate surface area is 152 Å². The zero-order chi connectivity index (χ0) is 18.0. The predicted molar refractivity (Wildman–Crippen MR) is 95.4 cm³/mol. The average Bonchev–Trinajstić information content (AvgIpc) is 2.61. The van der Waals surface area contributed by atoms with Gasteiger partial charge in [0, 0.05) is 22.9 Å². The second kappa shape index (κ2) is 7.39. The lowest BCUT2D eigenvalue weighted by Gasteiger charge is -2.31. The fraction of sp³-hybridized carbons (Fsp3) is 0.389. The van der Waals surface area contributed by atoms with Gasteiger partial charge in [-0.25, -0.2) is 4.79 Å². The topological polar surface area (TPSA) is 76.8 Å². The number of amides is 1. The van der Waals surface area contributed by atoms with Crippen molar-refractivity contribution >= 4 is 38.8 Å². The van der Waals surface area contributed by atoms with Gasteiger partial charge in [0.05, 0.1) is 12.5 Å². The van der Waals surface area contributed by atoms with Crippen LogP contribution in [0.1, 0.15) is 30.1 Å². The smallest absolute Gasteiger partial charge is 0.349 e. The van der Waals surface area contributed by atoms with Crippen molar-refractivity contribution in [3.05, 3.63) is 44.7 Å². The van der Waals surface area contributed by atoms with E-state index in [-0.39, 0.29) is 24.0 Å². The number of hydrogen-bond acceptors (Lipinski definition) is 5. The van der Waals surface area contributed by atoms with Crippen LogP contribution >= 0.6 is 15.9 Å². The van der Waals surface area contributed by atoms with Crippen LogP contribution < -0.4 is 5.63 Å². The van der Waals surface area contributed by atoms with Gasteiger partial charge in [-0.15, -0.1) is 0 Å². The van der Waals surface area contributed by atoms with Crippen LogP contribution in [-0.2, 0) is 9.53 Å². The van der Waals surface area contributed by atoms with Gasteiger partial charge in [-0.05, 0) is 44.0 Å². The van der Waals surface area contributed by atoms with E-state index >= 15 is 0 Å². The molecule has 2 aromatic rings. The van der Waals surface area contributed by atoms with E-state index in [2.05, 4.69) is 15.9 Å². The Kier molecular flexibility index (Phi) is 5.22. The molecular weight excluding hydrogens is 390 g/mol. The first-order valence-corrected chi connectivity index (χ1v) is 8.98. The Morgan fingerprint density at radius 1 is 1.36 bits per heavy atom. The third-order valence-electron chi connectivity index (χ3n) is 4.25. The van der Waals surface area contributed by atoms with E-state index in [1.165, 1.54) is 4.90 Å². The van der Waals surface area contributed by atoms with Crippen LogP contribution in [0.25, 0.3) is 11.0 Å². The molecule has 0 unspecified atom stereocenters. The largest absolute Gasteiger partial charge is 0.466 e. The summed E-state index contributed by atoms with van der Waals surface area (Å²) < 4.78 is 11.1. The van der Waals surface area contributed by atoms with Gasteiger partial charge in [0.2, 0.25) is 0 Å². The molecule has 1 saturated heterocycles. The maximum Gasteiger partial charge on any atom is 0.349 e. The number of piperidine rings is 1. The van der Waals surface area contributed by atoms with E-state index in [0.717, 1.165) is 4.47 Å². The SMILES string of the molecule is CCOC(=O)[C@@H]1CCCN(C(=O)c2cc3cc(Br)ccc3oc2=O)C1. The van der Waals surface area contributed by atoms with Crippen molar-refractivity contribution in [3.8, 4) is 0 Å². The number of hydrogen-bond donors (Lipinski definition) is 0. The monoisotopic (exact) mass is 407 g/mol. The van der Waals surface area contributed by atoms with Crippen molar-refractivity contribution in [1.82, 2.24) is 4.90 Å². The summed E-state index contributed by atoms with van der Waals surface area (Å²) >= 11 is 3.36. The lowest BCUT2D eigenvalue weighted by molar-refractivity contribution is -0.149. The van der Waals surface area contributed by atoms with Crippen molar-refractivity contribution in [2.45, 2.75) is 19.8 Å². The molecule has 132 valence electrons. The zero-order valence-corrected chi connectivity index (χ0v) is 15.4. The Morgan fingerprint density at radius 3 is 2.92 bits per heavy atom. The summed E-state index contributed by atoms with van der Waals surface area (Å²) in [4.78, 5) is 38.4. The van der Waals surface area contributed by atoms with Crippen LogP contribution in [0.4, 0.5) is 0 Å². The standard InChI is InChI=1S/C18H18BrNO5/c1-2-24-17(22)11-4-3-7-20(10-11)16(21)14-9-12-8-13(19)5-6-15(12)25-18(14)23/h5-6,8-9,11H,2-4,7,10H2,1H3/t11-/m1/s1. The maximum absolute atomic E-state index is 12.8. The van der Waals surface area contributed by atoms with Crippen molar-refractivity contribution in [1.29, 1.82) is 0 Å². The van der Waals surface area contributed by atoms with Crippen LogP contribution in [0.2, 0.25) is 0 Å². The molecule has 0 bridgehead atoms. The highest BCUT2D eigenvalue weighted by Crippen LogP contribution is 2.22. The Morgan fingerprint density at radius 2 is 2.16 bits per heavy atom. The molecule has 1 aliphatic heterocycles. The summed E-state index contributed by atoms with van der Waals surface area (Å²) in [7, 11) is 0. The third kappa shape index (κ3) is 3.76. The molecule has 0 spiro atoms. The molecule has 0 saturated carbocycles. The van der Waals surface area contributed by atoms with E-state index in [1.807, 2.05) is 0 Å². The second-order valence-electron chi connectivity index (χ2n) is 5.97. The quantitative estimate of drug-likeness (QED) is 0.577. The van der Waals surface area contributed by atoms with Crippen LogP contribution in [0, 0.1) is 5.92 Å². The zero-order valence-electron chi connectivity index (χ0n) is 13.8. The summed E-state index contributed by atoms with van der Waals surface area (Å²) in [6, 6.07) is 6.77. The molecule has 1 amide bonds. The first-order valence-electron chi connectivity index (χ1n) is 8.19. The average molecular weight is 408 g/mol. The normalized spacial score (nSPS) is 17.5. The van der Waals surface area contributed by atoms with Crippen molar-refractivity contribution in [3.63, 3.8) is 0 Å². The van der Waals surface area contributed by atoms with Gasteiger partial charge in [0.25, 0.3) is 5.91 Å². The molecule has 25 heavy (non-hydrogen) atoms. The number of likely N-dealkylation sites (tertiary alicyclic amines) is 1. The third-order valence-corrected chi connectivity index (χ3v) is 4.75. The fourth-order valence-corrected chi connectivity index (χ4v) is 3.41. The first-order chi connectivity index (χ1) is 12.0. The number of benzene rings is 1. The van der Waals surface area contributed by atoms with Gasteiger partial charge in [-0.2, -0.15) is 0 Å². The van der Waals surface area contributed by atoms with E-state index in [9.17, 15) is 14.4 Å². The van der Waals surface area contributed by atoms with E-state index in [0.29, 0.717) is 37.0 Å². The minimum atomic E-state index is -0.668. The van der Waals surface area contributed by atoms with Gasteiger partial charge in [-0.3, -0.25) is 9.59 Å². The highest BCUT2D eigenvalue weighted by atomic mass is 79.9. The van der Waals surface area contributed by atoms with Crippen LogP contribution in [0.3, 0.4) is 0 Å². The fourth-order valence-electron chi connectivity index (χ4n) is 3.03. The minimum absolute atomic E-state index is 0.0184. The molecule has 1 aromatic heterocycles. The predicted octanol–water partition coefficient (Wildman–Crippen LogP) is 2.97. The first kappa shape index (κ1) is 17.7. The van der Waals surface area contributed by atoms with Gasteiger partial charge in [0.1, 0.15) is 11.1 Å². The number of ether oxygens (including phenoxy) is 1. The molecule has 1 fully saturated rings. The number of esters is 1. The summed E-state index contributed by atoms with van der Waals surface area (Å²) in [5.74, 6) is -1.06. The van der Waals surface area contributed by atoms with Crippen LogP contribution in [0.5, 0.6) is 0 Å². The summed E-state index contributed by atoms with van der Waals surface area (Å²) in [6.07, 6.45) is 1.38. The molecule has 1 aliphatic rings. The molecule has 0 N–H and O–H groups in total. The molecule has 2 heterocycles. The molecule has 6 nitrogen and oxygen atoms in total. The highest BCUT2D eigenvalue weighted by molar-refractivity contribution is 9.10. The molecule has 7 heteroatoms. The Balaban J connectivity index is 1.87. The molecule has 0 radical (unpaired) electrons. The van der Waals surface area contributed by atoms with E-state index in [1.54, 1.807) is 31.2 Å². The van der Waals surface area contributed by atoms with Gasteiger partial charge < -0.3 is 14.1 Å². The summed E-state index contributed by atoms with van der Waals surface area (Å²) in [5, 5.41) is 0.663. The lowest BCUT2D eigenvalue weighted by atomic mass is 9.97. The molecular formula is C18H18BrNO5. The minimum Gasteiger partial charge on any atom is -0.466 e. The molecule has 1 atom stereocenters. The summed E-state index contributed by atoms with van der Waals surface area (Å²) in [6.45, 7) is 2.83. The van der Waals surface area contributed by atoms with Crippen molar-refractivity contribution in [2.24, 2.45) is 5.92 Å². The van der Waals surface area contributed by atoms with Crippen molar-refractivity contribution < 1.29 is 18.7 Å². The van der Waals surface area contributed by atoms with Gasteiger partial charge in [-0.1, -0.05) is 15.9 Å². The molecule has 1 aromatic carbocycles. The number of halogens is 1.